The van der Waals surface area contributed by atoms with Gasteiger partial charge in [0.25, 0.3) is 0 Å². The van der Waals surface area contributed by atoms with Crippen LogP contribution >= 0.6 is 11.6 Å². The molecule has 1 aromatic rings. The molecule has 0 heterocycles. The number of likely N-dealkylation sites (N-methyl/N-ethyl adjacent to an activating group) is 1. The van der Waals surface area contributed by atoms with E-state index in [4.69, 9.17) is 16.7 Å². The number of benzene rings is 1. The van der Waals surface area contributed by atoms with Crippen LogP contribution in [0.2, 0.25) is 5.02 Å². The van der Waals surface area contributed by atoms with Gasteiger partial charge in [-0.15, -0.1) is 0 Å². The summed E-state index contributed by atoms with van der Waals surface area (Å²) >= 11 is 5.90. The summed E-state index contributed by atoms with van der Waals surface area (Å²) < 4.78 is 25.8. The summed E-state index contributed by atoms with van der Waals surface area (Å²) in [6.45, 7) is 4.23. The number of carboxylic acids is 1. The smallest absolute Gasteiger partial charge is 0.324 e. The van der Waals surface area contributed by atoms with Crippen molar-refractivity contribution in [3.63, 3.8) is 0 Å². The van der Waals surface area contributed by atoms with Gasteiger partial charge in [0.05, 0.1) is 4.90 Å². The van der Waals surface area contributed by atoms with Crippen molar-refractivity contribution in [1.82, 2.24) is 4.31 Å². The van der Waals surface area contributed by atoms with Crippen molar-refractivity contribution in [3.05, 3.63) is 28.8 Å². The molecule has 1 aromatic carbocycles. The number of hydrogen-bond acceptors (Lipinski definition) is 3. The van der Waals surface area contributed by atoms with E-state index in [1.165, 1.54) is 33.0 Å². The zero-order valence-electron chi connectivity index (χ0n) is 11.1. The van der Waals surface area contributed by atoms with Gasteiger partial charge >= 0.3 is 5.97 Å². The van der Waals surface area contributed by atoms with Gasteiger partial charge in [0.15, 0.2) is 0 Å². The van der Waals surface area contributed by atoms with Crippen LogP contribution in [0.3, 0.4) is 0 Å². The number of rotatable bonds is 4. The maximum atomic E-state index is 12.5. The van der Waals surface area contributed by atoms with Gasteiger partial charge in [-0.1, -0.05) is 17.7 Å². The van der Waals surface area contributed by atoms with E-state index in [2.05, 4.69) is 0 Å². The Morgan fingerprint density at radius 3 is 2.37 bits per heavy atom. The Hall–Kier alpha value is -1.11. The molecule has 19 heavy (non-hydrogen) atoms. The molecule has 0 aromatic heterocycles. The van der Waals surface area contributed by atoms with Crippen LogP contribution in [0.1, 0.15) is 19.4 Å². The van der Waals surface area contributed by atoms with E-state index in [0.717, 1.165) is 4.31 Å². The zero-order valence-corrected chi connectivity index (χ0v) is 12.7. The normalized spacial score (nSPS) is 12.7. The average molecular weight is 306 g/mol. The van der Waals surface area contributed by atoms with Crippen molar-refractivity contribution in [2.75, 3.05) is 7.05 Å². The fourth-order valence-electron chi connectivity index (χ4n) is 1.45. The number of nitrogens with zero attached hydrogens (tertiary/aromatic N) is 1. The Labute approximate surface area is 117 Å². The van der Waals surface area contributed by atoms with Gasteiger partial charge in [-0.3, -0.25) is 4.79 Å². The largest absolute Gasteiger partial charge is 0.480 e. The summed E-state index contributed by atoms with van der Waals surface area (Å²) in [6.07, 6.45) is 0. The Kier molecular flexibility index (Phi) is 4.29. The first-order valence-corrected chi connectivity index (χ1v) is 7.32. The van der Waals surface area contributed by atoms with E-state index in [1.807, 2.05) is 0 Å². The first-order valence-electron chi connectivity index (χ1n) is 5.50. The molecule has 0 fully saturated rings. The fourth-order valence-corrected chi connectivity index (χ4v) is 3.40. The lowest BCUT2D eigenvalue weighted by Gasteiger charge is -2.31. The lowest BCUT2D eigenvalue weighted by atomic mass is 10.1. The van der Waals surface area contributed by atoms with Crippen LogP contribution in [0.4, 0.5) is 0 Å². The van der Waals surface area contributed by atoms with Crippen molar-refractivity contribution >= 4 is 27.6 Å². The Morgan fingerprint density at radius 1 is 1.37 bits per heavy atom. The van der Waals surface area contributed by atoms with E-state index in [9.17, 15) is 13.2 Å². The number of hydrogen-bond donors (Lipinski definition) is 1. The molecule has 0 radical (unpaired) electrons. The first-order chi connectivity index (χ1) is 8.52. The van der Waals surface area contributed by atoms with Crippen LogP contribution in [0.5, 0.6) is 0 Å². The molecule has 5 nitrogen and oxygen atoms in total. The van der Waals surface area contributed by atoms with Gasteiger partial charge in [0.1, 0.15) is 5.54 Å². The maximum absolute atomic E-state index is 12.5. The molecule has 7 heteroatoms. The zero-order chi connectivity index (χ0) is 15.0. The van der Waals surface area contributed by atoms with Gasteiger partial charge in [0, 0.05) is 12.1 Å². The highest BCUT2D eigenvalue weighted by Gasteiger charge is 2.40. The highest BCUT2D eigenvalue weighted by Crippen LogP contribution is 2.28. The van der Waals surface area contributed by atoms with Crippen molar-refractivity contribution in [2.45, 2.75) is 31.2 Å². The molecule has 0 spiro atoms. The summed E-state index contributed by atoms with van der Waals surface area (Å²) in [5.41, 5.74) is -1.15. The molecule has 0 aliphatic heterocycles. The number of sulfonamides is 1. The summed E-state index contributed by atoms with van der Waals surface area (Å²) in [5, 5.41) is 9.44. The molecular formula is C12H16ClNO4S. The molecule has 0 aliphatic rings. The molecule has 0 amide bonds. The van der Waals surface area contributed by atoms with E-state index in [-0.39, 0.29) is 4.90 Å². The molecule has 0 saturated carbocycles. The maximum Gasteiger partial charge on any atom is 0.324 e. The Balaban J connectivity index is 3.41. The summed E-state index contributed by atoms with van der Waals surface area (Å²) in [6, 6.07) is 4.51. The van der Waals surface area contributed by atoms with Gasteiger partial charge in [-0.25, -0.2) is 8.42 Å². The third kappa shape index (κ3) is 2.75. The first kappa shape index (κ1) is 15.9. The van der Waals surface area contributed by atoms with Crippen LogP contribution < -0.4 is 0 Å². The van der Waals surface area contributed by atoms with E-state index in [0.29, 0.717) is 10.6 Å². The lowest BCUT2D eigenvalue weighted by molar-refractivity contribution is -0.145. The van der Waals surface area contributed by atoms with E-state index < -0.39 is 21.5 Å². The molecule has 0 saturated heterocycles. The Bertz CT molecular complexity index is 610. The second-order valence-corrected chi connectivity index (χ2v) is 7.04. The number of halogens is 1. The van der Waals surface area contributed by atoms with E-state index >= 15 is 0 Å². The second-order valence-electron chi connectivity index (χ2n) is 4.70. The van der Waals surface area contributed by atoms with E-state index in [1.54, 1.807) is 13.0 Å². The molecule has 0 aliphatic carbocycles. The van der Waals surface area contributed by atoms with Crippen molar-refractivity contribution in [3.8, 4) is 0 Å². The van der Waals surface area contributed by atoms with Gasteiger partial charge in [0.2, 0.25) is 10.0 Å². The highest BCUT2D eigenvalue weighted by atomic mass is 35.5. The molecule has 106 valence electrons. The third-order valence-corrected chi connectivity index (χ3v) is 5.75. The SMILES string of the molecule is Cc1c(Cl)cccc1S(=O)(=O)N(C)C(C)(C)C(=O)O. The average Bonchev–Trinajstić information content (AvgIpc) is 2.31. The summed E-state index contributed by atoms with van der Waals surface area (Å²) in [4.78, 5) is 11.2. The lowest BCUT2D eigenvalue weighted by Crippen LogP contribution is -2.50. The minimum Gasteiger partial charge on any atom is -0.480 e. The van der Waals surface area contributed by atoms with Gasteiger partial charge < -0.3 is 5.11 Å². The second kappa shape index (κ2) is 5.11. The summed E-state index contributed by atoms with van der Waals surface area (Å²) in [5.74, 6) is -1.22. The standard InChI is InChI=1S/C12H16ClNO4S/c1-8-9(13)6-5-7-10(8)19(17,18)14(4)12(2,3)11(15)16/h5-7H,1-4H3,(H,15,16). The van der Waals surface area contributed by atoms with Crippen LogP contribution in [0, 0.1) is 6.92 Å². The highest BCUT2D eigenvalue weighted by molar-refractivity contribution is 7.89. The van der Waals surface area contributed by atoms with Gasteiger partial charge in [-0.2, -0.15) is 4.31 Å². The predicted octanol–water partition coefficient (Wildman–Crippen LogP) is 2.13. The van der Waals surface area contributed by atoms with Crippen LogP contribution in [-0.2, 0) is 14.8 Å². The molecule has 0 atom stereocenters. The minimum atomic E-state index is -3.93. The summed E-state index contributed by atoms with van der Waals surface area (Å²) in [7, 11) is -2.69. The quantitative estimate of drug-likeness (QED) is 0.924. The number of carbonyl (C=O) groups is 1. The predicted molar refractivity (Wildman–Crippen MR) is 72.9 cm³/mol. The molecule has 1 N–H and O–H groups in total. The van der Waals surface area contributed by atoms with Crippen LogP contribution in [0.25, 0.3) is 0 Å². The Morgan fingerprint density at radius 2 is 1.89 bits per heavy atom. The molecule has 0 unspecified atom stereocenters. The fraction of sp³-hybridized carbons (Fsp3) is 0.417. The minimum absolute atomic E-state index is 0.0109. The van der Waals surface area contributed by atoms with Crippen molar-refractivity contribution < 1.29 is 18.3 Å². The molecule has 0 bridgehead atoms. The topological polar surface area (TPSA) is 74.7 Å². The van der Waals surface area contributed by atoms with Gasteiger partial charge in [-0.05, 0) is 38.5 Å². The van der Waals surface area contributed by atoms with Crippen molar-refractivity contribution in [1.29, 1.82) is 0 Å². The molecular weight excluding hydrogens is 290 g/mol. The van der Waals surface area contributed by atoms with Crippen molar-refractivity contribution in [2.24, 2.45) is 0 Å². The number of carboxylic acid groups (broad SMARTS) is 1. The monoisotopic (exact) mass is 305 g/mol. The molecule has 1 rings (SSSR count). The van der Waals surface area contributed by atoms with Crippen LogP contribution in [-0.4, -0.2) is 36.4 Å². The van der Waals surface area contributed by atoms with Crippen LogP contribution in [0.15, 0.2) is 23.1 Å². The number of aliphatic carboxylic acids is 1. The third-order valence-electron chi connectivity index (χ3n) is 3.17.